The first-order valence-corrected chi connectivity index (χ1v) is 7.89. The van der Waals surface area contributed by atoms with Crippen molar-refractivity contribution in [3.05, 3.63) is 24.3 Å². The SMILES string of the molecule is COc1ccccc1NC(=S)N[C@@H]1CCCCC1N(C)C. The highest BCUT2D eigenvalue weighted by Crippen LogP contribution is 2.24. The molecule has 2 atom stereocenters. The smallest absolute Gasteiger partial charge is 0.171 e. The molecule has 1 aliphatic rings. The van der Waals surface area contributed by atoms with Crippen molar-refractivity contribution in [1.82, 2.24) is 10.2 Å². The summed E-state index contributed by atoms with van der Waals surface area (Å²) in [5, 5.41) is 7.38. The van der Waals surface area contributed by atoms with Crippen LogP contribution in [0.25, 0.3) is 0 Å². The van der Waals surface area contributed by atoms with Crippen molar-refractivity contribution in [2.45, 2.75) is 37.8 Å². The molecule has 2 rings (SSSR count). The summed E-state index contributed by atoms with van der Waals surface area (Å²) in [5.41, 5.74) is 0.898. The van der Waals surface area contributed by atoms with Gasteiger partial charge in [-0.25, -0.2) is 0 Å². The van der Waals surface area contributed by atoms with Gasteiger partial charge in [-0.1, -0.05) is 25.0 Å². The second kappa shape index (κ2) is 7.61. The number of benzene rings is 1. The maximum absolute atomic E-state index is 5.47. The molecular weight excluding hydrogens is 282 g/mol. The summed E-state index contributed by atoms with van der Waals surface area (Å²) in [4.78, 5) is 2.29. The van der Waals surface area contributed by atoms with Gasteiger partial charge in [-0.2, -0.15) is 0 Å². The van der Waals surface area contributed by atoms with E-state index in [9.17, 15) is 0 Å². The number of ether oxygens (including phenoxy) is 1. The van der Waals surface area contributed by atoms with E-state index < -0.39 is 0 Å². The van der Waals surface area contributed by atoms with Gasteiger partial charge < -0.3 is 20.3 Å². The van der Waals surface area contributed by atoms with Crippen LogP contribution in [0.4, 0.5) is 5.69 Å². The second-order valence-corrected chi connectivity index (χ2v) is 6.13. The number of likely N-dealkylation sites (N-methyl/N-ethyl adjacent to an activating group) is 1. The van der Waals surface area contributed by atoms with E-state index >= 15 is 0 Å². The van der Waals surface area contributed by atoms with Gasteiger partial charge in [-0.15, -0.1) is 0 Å². The number of nitrogens with zero attached hydrogens (tertiary/aromatic N) is 1. The molecule has 0 aliphatic heterocycles. The molecule has 1 aliphatic carbocycles. The number of methoxy groups -OCH3 is 1. The Morgan fingerprint density at radius 1 is 1.24 bits per heavy atom. The minimum Gasteiger partial charge on any atom is -0.495 e. The van der Waals surface area contributed by atoms with Gasteiger partial charge in [0, 0.05) is 12.1 Å². The summed E-state index contributed by atoms with van der Waals surface area (Å²) in [5.74, 6) is 0.800. The van der Waals surface area contributed by atoms with E-state index in [0.717, 1.165) is 17.9 Å². The molecule has 0 saturated heterocycles. The van der Waals surface area contributed by atoms with Gasteiger partial charge in [-0.3, -0.25) is 0 Å². The Balaban J connectivity index is 1.97. The number of para-hydroxylation sites is 2. The quantitative estimate of drug-likeness (QED) is 0.837. The predicted octanol–water partition coefficient (Wildman–Crippen LogP) is 2.85. The fourth-order valence-corrected chi connectivity index (χ4v) is 3.23. The summed E-state index contributed by atoms with van der Waals surface area (Å²) >= 11 is 5.47. The first-order chi connectivity index (χ1) is 10.1. The van der Waals surface area contributed by atoms with Gasteiger partial charge in [0.2, 0.25) is 0 Å². The molecule has 4 nitrogen and oxygen atoms in total. The van der Waals surface area contributed by atoms with Crippen molar-refractivity contribution < 1.29 is 4.74 Å². The molecule has 0 spiro atoms. The van der Waals surface area contributed by atoms with Gasteiger partial charge in [-0.05, 0) is 51.3 Å². The molecule has 0 heterocycles. The van der Waals surface area contributed by atoms with Crippen LogP contribution in [0, 0.1) is 0 Å². The van der Waals surface area contributed by atoms with E-state index in [1.165, 1.54) is 19.3 Å². The van der Waals surface area contributed by atoms with E-state index in [4.69, 9.17) is 17.0 Å². The highest BCUT2D eigenvalue weighted by atomic mass is 32.1. The molecule has 0 amide bonds. The molecule has 1 unspecified atom stereocenters. The minimum absolute atomic E-state index is 0.406. The van der Waals surface area contributed by atoms with E-state index in [1.807, 2.05) is 24.3 Å². The molecule has 1 fully saturated rings. The first kappa shape index (κ1) is 16.0. The zero-order chi connectivity index (χ0) is 15.2. The van der Waals surface area contributed by atoms with Crippen molar-refractivity contribution >= 4 is 23.0 Å². The maximum Gasteiger partial charge on any atom is 0.171 e. The van der Waals surface area contributed by atoms with Crippen LogP contribution in [0.2, 0.25) is 0 Å². The maximum atomic E-state index is 5.47. The number of anilines is 1. The van der Waals surface area contributed by atoms with Gasteiger partial charge in [0.05, 0.1) is 12.8 Å². The fraction of sp³-hybridized carbons (Fsp3) is 0.562. The molecule has 5 heteroatoms. The third kappa shape index (κ3) is 4.32. The minimum atomic E-state index is 0.406. The van der Waals surface area contributed by atoms with Crippen LogP contribution >= 0.6 is 12.2 Å². The molecule has 0 aromatic heterocycles. The summed E-state index contributed by atoms with van der Waals surface area (Å²) in [6.45, 7) is 0. The van der Waals surface area contributed by atoms with E-state index in [-0.39, 0.29) is 0 Å². The third-order valence-electron chi connectivity index (χ3n) is 4.06. The van der Waals surface area contributed by atoms with Crippen molar-refractivity contribution in [1.29, 1.82) is 0 Å². The Morgan fingerprint density at radius 2 is 1.95 bits per heavy atom. The largest absolute Gasteiger partial charge is 0.495 e. The van der Waals surface area contributed by atoms with Crippen LogP contribution in [-0.2, 0) is 0 Å². The number of hydrogen-bond donors (Lipinski definition) is 2. The highest BCUT2D eigenvalue weighted by molar-refractivity contribution is 7.80. The van der Waals surface area contributed by atoms with Gasteiger partial charge in [0.1, 0.15) is 5.75 Å². The van der Waals surface area contributed by atoms with Crippen molar-refractivity contribution in [2.75, 3.05) is 26.5 Å². The fourth-order valence-electron chi connectivity index (χ4n) is 2.97. The van der Waals surface area contributed by atoms with Crippen molar-refractivity contribution in [3.8, 4) is 5.75 Å². The Hall–Kier alpha value is -1.33. The van der Waals surface area contributed by atoms with Gasteiger partial charge in [0.15, 0.2) is 5.11 Å². The molecule has 0 bridgehead atoms. The molecular formula is C16H25N3OS. The summed E-state index contributed by atoms with van der Waals surface area (Å²) in [7, 11) is 5.95. The highest BCUT2D eigenvalue weighted by Gasteiger charge is 2.27. The van der Waals surface area contributed by atoms with Crippen molar-refractivity contribution in [2.24, 2.45) is 0 Å². The molecule has 2 N–H and O–H groups in total. The Morgan fingerprint density at radius 3 is 2.67 bits per heavy atom. The zero-order valence-electron chi connectivity index (χ0n) is 13.1. The summed E-state index contributed by atoms with van der Waals surface area (Å²) in [6.07, 6.45) is 4.95. The van der Waals surface area contributed by atoms with Crippen molar-refractivity contribution in [3.63, 3.8) is 0 Å². The lowest BCUT2D eigenvalue weighted by Gasteiger charge is -2.37. The standard InChI is InChI=1S/C16H25N3OS/c1-19(2)14-10-6-4-8-12(14)17-16(21)18-13-9-5-7-11-15(13)20-3/h5,7,9,11-12,14H,4,6,8,10H2,1-3H3,(H2,17,18,21)/t12-,14?/m1/s1. The number of rotatable bonds is 4. The van der Waals surface area contributed by atoms with Crippen LogP contribution in [0.15, 0.2) is 24.3 Å². The third-order valence-corrected chi connectivity index (χ3v) is 4.28. The van der Waals surface area contributed by atoms with Crippen LogP contribution < -0.4 is 15.4 Å². The summed E-state index contributed by atoms with van der Waals surface area (Å²) < 4.78 is 5.34. The molecule has 1 aromatic rings. The molecule has 1 aromatic carbocycles. The van der Waals surface area contributed by atoms with Crippen LogP contribution in [0.3, 0.4) is 0 Å². The Labute approximate surface area is 132 Å². The van der Waals surface area contributed by atoms with Crippen LogP contribution in [0.5, 0.6) is 5.75 Å². The number of nitrogens with one attached hydrogen (secondary N) is 2. The number of thiocarbonyl (C=S) groups is 1. The molecule has 1 saturated carbocycles. The topological polar surface area (TPSA) is 36.5 Å². The lowest BCUT2D eigenvalue weighted by atomic mass is 9.90. The Bertz CT molecular complexity index is 478. The zero-order valence-corrected chi connectivity index (χ0v) is 13.9. The molecule has 0 radical (unpaired) electrons. The lowest BCUT2D eigenvalue weighted by molar-refractivity contribution is 0.190. The van der Waals surface area contributed by atoms with E-state index in [2.05, 4.69) is 29.6 Å². The molecule has 21 heavy (non-hydrogen) atoms. The monoisotopic (exact) mass is 307 g/mol. The van der Waals surface area contributed by atoms with Gasteiger partial charge >= 0.3 is 0 Å². The molecule has 116 valence electrons. The second-order valence-electron chi connectivity index (χ2n) is 5.72. The average molecular weight is 307 g/mol. The first-order valence-electron chi connectivity index (χ1n) is 7.48. The predicted molar refractivity (Wildman–Crippen MR) is 92.1 cm³/mol. The summed E-state index contributed by atoms with van der Waals surface area (Å²) in [6, 6.07) is 8.76. The van der Waals surface area contributed by atoms with Gasteiger partial charge in [0.25, 0.3) is 0 Å². The average Bonchev–Trinajstić information content (AvgIpc) is 2.48. The van der Waals surface area contributed by atoms with E-state index in [1.54, 1.807) is 7.11 Å². The normalized spacial score (nSPS) is 21.9. The van der Waals surface area contributed by atoms with E-state index in [0.29, 0.717) is 17.2 Å². The van der Waals surface area contributed by atoms with Crippen LogP contribution in [-0.4, -0.2) is 43.3 Å². The van der Waals surface area contributed by atoms with Crippen LogP contribution in [0.1, 0.15) is 25.7 Å². The lowest BCUT2D eigenvalue weighted by Crippen LogP contribution is -2.52. The Kier molecular flexibility index (Phi) is 5.82. The number of hydrogen-bond acceptors (Lipinski definition) is 3.